The Bertz CT molecular complexity index is 643. The molecule has 0 bridgehead atoms. The molecule has 0 radical (unpaired) electrons. The SMILES string of the molecule is O=[N+]([O-])c1c(C(F)(F)F)nc2ccccc2c1Cl. The number of rotatable bonds is 1. The summed E-state index contributed by atoms with van der Waals surface area (Å²) in [5.41, 5.74) is -2.85. The zero-order valence-corrected chi connectivity index (χ0v) is 9.29. The Labute approximate surface area is 103 Å². The molecule has 94 valence electrons. The lowest BCUT2D eigenvalue weighted by atomic mass is 10.1. The molecule has 0 amide bonds. The van der Waals surface area contributed by atoms with Gasteiger partial charge in [0.25, 0.3) is 0 Å². The minimum Gasteiger partial charge on any atom is -0.258 e. The molecular weight excluding hydrogens is 273 g/mol. The summed E-state index contributed by atoms with van der Waals surface area (Å²) in [4.78, 5) is 12.8. The summed E-state index contributed by atoms with van der Waals surface area (Å²) in [6, 6.07) is 5.66. The number of para-hydroxylation sites is 1. The second-order valence-corrected chi connectivity index (χ2v) is 3.77. The minimum absolute atomic E-state index is 0.0413. The Kier molecular flexibility index (Phi) is 2.86. The average molecular weight is 277 g/mol. The van der Waals surface area contributed by atoms with Crippen molar-refractivity contribution in [3.05, 3.63) is 45.1 Å². The van der Waals surface area contributed by atoms with E-state index in [2.05, 4.69) is 4.98 Å². The van der Waals surface area contributed by atoms with E-state index in [4.69, 9.17) is 11.6 Å². The molecule has 0 aliphatic heterocycles. The van der Waals surface area contributed by atoms with Gasteiger partial charge < -0.3 is 0 Å². The molecule has 0 atom stereocenters. The van der Waals surface area contributed by atoms with Gasteiger partial charge in [-0.15, -0.1) is 0 Å². The van der Waals surface area contributed by atoms with E-state index in [0.717, 1.165) is 0 Å². The highest BCUT2D eigenvalue weighted by Gasteiger charge is 2.42. The van der Waals surface area contributed by atoms with E-state index in [9.17, 15) is 23.3 Å². The first-order valence-electron chi connectivity index (χ1n) is 4.62. The molecule has 18 heavy (non-hydrogen) atoms. The first kappa shape index (κ1) is 12.6. The topological polar surface area (TPSA) is 56.0 Å². The van der Waals surface area contributed by atoms with Crippen molar-refractivity contribution in [2.75, 3.05) is 0 Å². The second-order valence-electron chi connectivity index (χ2n) is 3.40. The van der Waals surface area contributed by atoms with Crippen molar-refractivity contribution >= 4 is 28.2 Å². The summed E-state index contributed by atoms with van der Waals surface area (Å²) in [7, 11) is 0. The number of alkyl halides is 3. The predicted molar refractivity (Wildman–Crippen MR) is 58.4 cm³/mol. The summed E-state index contributed by atoms with van der Waals surface area (Å²) in [6.45, 7) is 0. The van der Waals surface area contributed by atoms with Crippen molar-refractivity contribution in [2.45, 2.75) is 6.18 Å². The van der Waals surface area contributed by atoms with Gasteiger partial charge in [0, 0.05) is 5.39 Å². The normalized spacial score (nSPS) is 11.8. The fourth-order valence-electron chi connectivity index (χ4n) is 1.53. The van der Waals surface area contributed by atoms with Gasteiger partial charge >= 0.3 is 11.9 Å². The van der Waals surface area contributed by atoms with Gasteiger partial charge in [0.05, 0.1) is 10.4 Å². The third kappa shape index (κ3) is 1.97. The zero-order chi connectivity index (χ0) is 13.5. The summed E-state index contributed by atoms with van der Waals surface area (Å²) in [5, 5.41) is 10.3. The predicted octanol–water partition coefficient (Wildman–Crippen LogP) is 3.82. The molecule has 0 saturated heterocycles. The third-order valence-electron chi connectivity index (χ3n) is 2.26. The van der Waals surface area contributed by atoms with E-state index in [1.807, 2.05) is 0 Å². The van der Waals surface area contributed by atoms with Crippen molar-refractivity contribution in [3.63, 3.8) is 0 Å². The van der Waals surface area contributed by atoms with Crippen molar-refractivity contribution in [1.29, 1.82) is 0 Å². The average Bonchev–Trinajstić information content (AvgIpc) is 2.27. The summed E-state index contributed by atoms with van der Waals surface area (Å²) in [5.74, 6) is 0. The molecule has 0 N–H and O–H groups in total. The fraction of sp³-hybridized carbons (Fsp3) is 0.100. The van der Waals surface area contributed by atoms with Crippen LogP contribution >= 0.6 is 11.6 Å². The molecule has 2 aromatic rings. The molecule has 0 saturated carbocycles. The number of aromatic nitrogens is 1. The molecule has 1 heterocycles. The van der Waals surface area contributed by atoms with Crippen LogP contribution in [-0.4, -0.2) is 9.91 Å². The van der Waals surface area contributed by atoms with Gasteiger partial charge in [0.15, 0.2) is 0 Å². The Morgan fingerprint density at radius 2 is 1.89 bits per heavy atom. The van der Waals surface area contributed by atoms with E-state index in [0.29, 0.717) is 0 Å². The van der Waals surface area contributed by atoms with Crippen LogP contribution in [0.1, 0.15) is 5.69 Å². The highest BCUT2D eigenvalue weighted by Crippen LogP contribution is 2.41. The maximum atomic E-state index is 12.7. The van der Waals surface area contributed by atoms with E-state index in [1.165, 1.54) is 24.3 Å². The van der Waals surface area contributed by atoms with Gasteiger partial charge in [-0.25, -0.2) is 4.98 Å². The van der Waals surface area contributed by atoms with Crippen molar-refractivity contribution in [2.24, 2.45) is 0 Å². The van der Waals surface area contributed by atoms with Crippen LogP contribution in [0.25, 0.3) is 10.9 Å². The summed E-state index contributed by atoms with van der Waals surface area (Å²) >= 11 is 5.67. The Hall–Kier alpha value is -1.89. The molecule has 0 aliphatic carbocycles. The first-order chi connectivity index (χ1) is 8.32. The van der Waals surface area contributed by atoms with Gasteiger partial charge in [-0.1, -0.05) is 29.8 Å². The molecule has 0 aliphatic rings. The van der Waals surface area contributed by atoms with Crippen molar-refractivity contribution in [1.82, 2.24) is 4.98 Å². The van der Waals surface area contributed by atoms with Crippen LogP contribution in [0.3, 0.4) is 0 Å². The van der Waals surface area contributed by atoms with Gasteiger partial charge in [0.2, 0.25) is 5.69 Å². The molecular formula is C10H4ClF3N2O2. The lowest BCUT2D eigenvalue weighted by Crippen LogP contribution is -2.12. The summed E-state index contributed by atoms with van der Waals surface area (Å²) in [6.07, 6.45) is -4.93. The number of fused-ring (bicyclic) bond motifs is 1. The summed E-state index contributed by atoms with van der Waals surface area (Å²) < 4.78 is 38.1. The zero-order valence-electron chi connectivity index (χ0n) is 8.53. The lowest BCUT2D eigenvalue weighted by molar-refractivity contribution is -0.388. The minimum atomic E-state index is -4.93. The van der Waals surface area contributed by atoms with Crippen LogP contribution in [0.5, 0.6) is 0 Å². The van der Waals surface area contributed by atoms with Crippen LogP contribution in [-0.2, 0) is 6.18 Å². The molecule has 4 nitrogen and oxygen atoms in total. The number of halogens is 4. The van der Waals surface area contributed by atoms with Crippen molar-refractivity contribution < 1.29 is 18.1 Å². The van der Waals surface area contributed by atoms with Gasteiger partial charge in [-0.3, -0.25) is 10.1 Å². The number of pyridine rings is 1. The Balaban J connectivity index is 2.93. The van der Waals surface area contributed by atoms with Crippen LogP contribution in [0.4, 0.5) is 18.9 Å². The highest BCUT2D eigenvalue weighted by molar-refractivity contribution is 6.37. The molecule has 0 fully saturated rings. The van der Waals surface area contributed by atoms with E-state index in [1.54, 1.807) is 0 Å². The molecule has 0 unspecified atom stereocenters. The lowest BCUT2D eigenvalue weighted by Gasteiger charge is -2.09. The number of hydrogen-bond acceptors (Lipinski definition) is 3. The number of hydrogen-bond donors (Lipinski definition) is 0. The van der Waals surface area contributed by atoms with Crippen LogP contribution in [0, 0.1) is 10.1 Å². The van der Waals surface area contributed by atoms with Crippen molar-refractivity contribution in [3.8, 4) is 0 Å². The fourth-order valence-corrected chi connectivity index (χ4v) is 1.84. The van der Waals surface area contributed by atoms with E-state index < -0.39 is 27.5 Å². The number of benzene rings is 1. The molecule has 2 rings (SSSR count). The Morgan fingerprint density at radius 3 is 2.44 bits per heavy atom. The quantitative estimate of drug-likeness (QED) is 0.588. The maximum Gasteiger partial charge on any atom is 0.440 e. The standard InChI is InChI=1S/C10H4ClF3N2O2/c11-7-5-3-1-2-4-6(5)15-9(10(12,13)14)8(7)16(17)18/h1-4H. The molecule has 1 aromatic heterocycles. The molecule has 8 heteroatoms. The van der Waals surface area contributed by atoms with Gasteiger partial charge in [0.1, 0.15) is 5.02 Å². The maximum absolute atomic E-state index is 12.7. The molecule has 1 aromatic carbocycles. The van der Waals surface area contributed by atoms with Crippen LogP contribution < -0.4 is 0 Å². The Morgan fingerprint density at radius 1 is 1.28 bits per heavy atom. The first-order valence-corrected chi connectivity index (χ1v) is 5.00. The highest BCUT2D eigenvalue weighted by atomic mass is 35.5. The molecule has 0 spiro atoms. The largest absolute Gasteiger partial charge is 0.440 e. The monoisotopic (exact) mass is 276 g/mol. The van der Waals surface area contributed by atoms with E-state index >= 15 is 0 Å². The van der Waals surface area contributed by atoms with Crippen LogP contribution in [0.15, 0.2) is 24.3 Å². The second kappa shape index (κ2) is 4.09. The van der Waals surface area contributed by atoms with Gasteiger partial charge in [-0.2, -0.15) is 13.2 Å². The number of nitrogens with zero attached hydrogens (tertiary/aromatic N) is 2. The van der Waals surface area contributed by atoms with Crippen LogP contribution in [0.2, 0.25) is 5.02 Å². The van der Waals surface area contributed by atoms with Gasteiger partial charge in [-0.05, 0) is 6.07 Å². The third-order valence-corrected chi connectivity index (χ3v) is 2.64. The van der Waals surface area contributed by atoms with E-state index in [-0.39, 0.29) is 10.9 Å². The smallest absolute Gasteiger partial charge is 0.258 e. The number of nitro groups is 1.